The van der Waals surface area contributed by atoms with Gasteiger partial charge in [-0.15, -0.1) is 5.10 Å². The van der Waals surface area contributed by atoms with Crippen molar-refractivity contribution in [3.8, 4) is 0 Å². The van der Waals surface area contributed by atoms with E-state index in [1.165, 1.54) is 0 Å². The quantitative estimate of drug-likeness (QED) is 0.720. The summed E-state index contributed by atoms with van der Waals surface area (Å²) in [4.78, 5) is 16.8. The third kappa shape index (κ3) is 3.60. The van der Waals surface area contributed by atoms with Crippen molar-refractivity contribution in [2.75, 3.05) is 6.54 Å². The van der Waals surface area contributed by atoms with Crippen LogP contribution in [-0.4, -0.2) is 42.9 Å². The number of nitrogens with zero attached hydrogens (tertiary/aromatic N) is 5. The Bertz CT molecular complexity index is 859. The molecule has 136 valence electrons. The van der Waals surface area contributed by atoms with E-state index in [4.69, 9.17) is 5.73 Å². The highest BCUT2D eigenvalue weighted by Gasteiger charge is 2.22. The minimum Gasteiger partial charge on any atom is -0.350 e. The SMILES string of the molecule is NC1CCC(n2cc(C(=O)NCCc3cn4ccccc4n3)nn2)CC1. The number of carbonyl (C=O) groups excluding carboxylic acids is 1. The number of imidazole rings is 1. The van der Waals surface area contributed by atoms with Crippen molar-refractivity contribution in [3.05, 3.63) is 48.2 Å². The normalized spacial score (nSPS) is 20.3. The first-order chi connectivity index (χ1) is 12.7. The number of nitrogens with two attached hydrogens (primary N) is 1. The maximum atomic E-state index is 12.3. The molecule has 26 heavy (non-hydrogen) atoms. The molecule has 0 radical (unpaired) electrons. The Morgan fingerprint density at radius 3 is 2.88 bits per heavy atom. The topological polar surface area (TPSA) is 103 Å². The molecule has 3 aromatic rings. The standard InChI is InChI=1S/C18H23N7O/c19-13-4-6-15(7-5-13)25-12-16(22-23-25)18(26)20-9-8-14-11-24-10-2-1-3-17(24)21-14/h1-3,10-13,15H,4-9,19H2,(H,20,26). The Hall–Kier alpha value is -2.74. The van der Waals surface area contributed by atoms with Crippen LogP contribution in [0.4, 0.5) is 0 Å². The molecular formula is C18H23N7O. The minimum absolute atomic E-state index is 0.201. The van der Waals surface area contributed by atoms with Gasteiger partial charge in [-0.1, -0.05) is 11.3 Å². The largest absolute Gasteiger partial charge is 0.350 e. The van der Waals surface area contributed by atoms with Crippen LogP contribution >= 0.6 is 0 Å². The first-order valence-corrected chi connectivity index (χ1v) is 9.07. The molecule has 8 heteroatoms. The van der Waals surface area contributed by atoms with Gasteiger partial charge >= 0.3 is 0 Å². The lowest BCUT2D eigenvalue weighted by Crippen LogP contribution is -2.28. The summed E-state index contributed by atoms with van der Waals surface area (Å²) in [7, 11) is 0. The van der Waals surface area contributed by atoms with Gasteiger partial charge in [0.2, 0.25) is 0 Å². The van der Waals surface area contributed by atoms with Gasteiger partial charge in [0.25, 0.3) is 5.91 Å². The molecule has 0 aliphatic heterocycles. The molecule has 0 atom stereocenters. The molecule has 0 unspecified atom stereocenters. The van der Waals surface area contributed by atoms with E-state index in [1.54, 1.807) is 6.20 Å². The maximum Gasteiger partial charge on any atom is 0.273 e. The van der Waals surface area contributed by atoms with Gasteiger partial charge in [0.15, 0.2) is 5.69 Å². The van der Waals surface area contributed by atoms with Crippen LogP contribution in [0.25, 0.3) is 5.65 Å². The third-order valence-corrected chi connectivity index (χ3v) is 4.94. The minimum atomic E-state index is -0.201. The lowest BCUT2D eigenvalue weighted by atomic mass is 9.92. The van der Waals surface area contributed by atoms with E-state index < -0.39 is 0 Å². The second kappa shape index (κ2) is 7.25. The lowest BCUT2D eigenvalue weighted by Gasteiger charge is -2.25. The number of hydrogen-bond donors (Lipinski definition) is 2. The zero-order valence-electron chi connectivity index (χ0n) is 14.6. The van der Waals surface area contributed by atoms with Crippen LogP contribution < -0.4 is 11.1 Å². The fourth-order valence-electron chi connectivity index (χ4n) is 3.43. The monoisotopic (exact) mass is 353 g/mol. The fourth-order valence-corrected chi connectivity index (χ4v) is 3.43. The van der Waals surface area contributed by atoms with Gasteiger partial charge in [0, 0.05) is 31.4 Å². The summed E-state index contributed by atoms with van der Waals surface area (Å²) in [6.07, 6.45) is 10.3. The zero-order valence-corrected chi connectivity index (χ0v) is 14.6. The van der Waals surface area contributed by atoms with E-state index in [0.29, 0.717) is 24.7 Å². The second-order valence-corrected chi connectivity index (χ2v) is 6.86. The number of carbonyl (C=O) groups is 1. The van der Waals surface area contributed by atoms with Crippen molar-refractivity contribution >= 4 is 11.6 Å². The van der Waals surface area contributed by atoms with Crippen molar-refractivity contribution in [3.63, 3.8) is 0 Å². The van der Waals surface area contributed by atoms with Crippen molar-refractivity contribution in [1.29, 1.82) is 0 Å². The molecular weight excluding hydrogens is 330 g/mol. The summed E-state index contributed by atoms with van der Waals surface area (Å²) in [5.41, 5.74) is 8.15. The van der Waals surface area contributed by atoms with Crippen molar-refractivity contribution in [2.24, 2.45) is 5.73 Å². The average molecular weight is 353 g/mol. The number of nitrogens with one attached hydrogen (secondary N) is 1. The number of hydrogen-bond acceptors (Lipinski definition) is 5. The molecule has 0 spiro atoms. The van der Waals surface area contributed by atoms with Crippen molar-refractivity contribution in [1.82, 2.24) is 29.7 Å². The predicted octanol–water partition coefficient (Wildman–Crippen LogP) is 1.34. The summed E-state index contributed by atoms with van der Waals surface area (Å²) < 4.78 is 3.78. The van der Waals surface area contributed by atoms with Crippen molar-refractivity contribution in [2.45, 2.75) is 44.2 Å². The van der Waals surface area contributed by atoms with E-state index in [-0.39, 0.29) is 11.9 Å². The Morgan fingerprint density at radius 2 is 2.08 bits per heavy atom. The van der Waals surface area contributed by atoms with Gasteiger partial charge in [-0.3, -0.25) is 4.79 Å². The molecule has 1 aliphatic carbocycles. The number of amides is 1. The maximum absolute atomic E-state index is 12.3. The fraction of sp³-hybridized carbons (Fsp3) is 0.444. The zero-order chi connectivity index (χ0) is 17.9. The van der Waals surface area contributed by atoms with E-state index in [0.717, 1.165) is 37.0 Å². The number of aromatic nitrogens is 5. The molecule has 8 nitrogen and oxygen atoms in total. The van der Waals surface area contributed by atoms with Crippen molar-refractivity contribution < 1.29 is 4.79 Å². The molecule has 3 aromatic heterocycles. The first-order valence-electron chi connectivity index (χ1n) is 9.07. The molecule has 0 aromatic carbocycles. The predicted molar refractivity (Wildman–Crippen MR) is 96.7 cm³/mol. The van der Waals surface area contributed by atoms with Gasteiger partial charge in [0.1, 0.15) is 5.65 Å². The molecule has 0 saturated heterocycles. The molecule has 1 fully saturated rings. The summed E-state index contributed by atoms with van der Waals surface area (Å²) >= 11 is 0. The van der Waals surface area contributed by atoms with E-state index in [2.05, 4.69) is 20.6 Å². The van der Waals surface area contributed by atoms with E-state index in [1.807, 2.05) is 39.7 Å². The highest BCUT2D eigenvalue weighted by molar-refractivity contribution is 5.91. The molecule has 1 amide bonds. The summed E-state index contributed by atoms with van der Waals surface area (Å²) in [6, 6.07) is 6.46. The Kier molecular flexibility index (Phi) is 4.66. The lowest BCUT2D eigenvalue weighted by molar-refractivity contribution is 0.0949. The van der Waals surface area contributed by atoms with Crippen LogP contribution in [0.15, 0.2) is 36.8 Å². The summed E-state index contributed by atoms with van der Waals surface area (Å²) in [6.45, 7) is 0.508. The Morgan fingerprint density at radius 1 is 1.23 bits per heavy atom. The van der Waals surface area contributed by atoms with Gasteiger partial charge in [0.05, 0.1) is 17.9 Å². The molecule has 4 rings (SSSR count). The number of fused-ring (bicyclic) bond motifs is 1. The highest BCUT2D eigenvalue weighted by atomic mass is 16.2. The number of pyridine rings is 1. The number of rotatable bonds is 5. The van der Waals surface area contributed by atoms with E-state index in [9.17, 15) is 4.79 Å². The van der Waals surface area contributed by atoms with Crippen LogP contribution in [0.2, 0.25) is 0 Å². The average Bonchev–Trinajstić information content (AvgIpc) is 3.29. The van der Waals surface area contributed by atoms with Crippen LogP contribution in [0.3, 0.4) is 0 Å². The molecule has 0 bridgehead atoms. The van der Waals surface area contributed by atoms with Gasteiger partial charge in [-0.25, -0.2) is 9.67 Å². The van der Waals surface area contributed by atoms with Gasteiger partial charge < -0.3 is 15.5 Å². The van der Waals surface area contributed by atoms with Gasteiger partial charge in [-0.2, -0.15) is 0 Å². The van der Waals surface area contributed by atoms with Crippen LogP contribution in [0.5, 0.6) is 0 Å². The summed E-state index contributed by atoms with van der Waals surface area (Å²) in [5, 5.41) is 11.0. The Balaban J connectivity index is 1.31. The van der Waals surface area contributed by atoms with Crippen LogP contribution in [0.1, 0.15) is 47.9 Å². The second-order valence-electron chi connectivity index (χ2n) is 6.86. The first kappa shape index (κ1) is 16.7. The van der Waals surface area contributed by atoms with E-state index >= 15 is 0 Å². The Labute approximate surface area is 151 Å². The van der Waals surface area contributed by atoms with Crippen LogP contribution in [0, 0.1) is 0 Å². The third-order valence-electron chi connectivity index (χ3n) is 4.94. The molecule has 1 aliphatic rings. The van der Waals surface area contributed by atoms with Crippen LogP contribution in [-0.2, 0) is 6.42 Å². The molecule has 3 heterocycles. The molecule has 1 saturated carbocycles. The highest BCUT2D eigenvalue weighted by Crippen LogP contribution is 2.26. The molecule has 3 N–H and O–H groups in total. The smallest absolute Gasteiger partial charge is 0.273 e. The van der Waals surface area contributed by atoms with Gasteiger partial charge in [-0.05, 0) is 37.8 Å². The summed E-state index contributed by atoms with van der Waals surface area (Å²) in [5.74, 6) is -0.201.